The molecule has 5 atom stereocenters. The second-order valence-corrected chi connectivity index (χ2v) is 19.4. The van der Waals surface area contributed by atoms with Gasteiger partial charge < -0.3 is 19.9 Å². The highest BCUT2D eigenvalue weighted by atomic mass is 16.5. The lowest BCUT2D eigenvalue weighted by Crippen LogP contribution is -2.26. The van der Waals surface area contributed by atoms with E-state index in [2.05, 4.69) is 53.4 Å². The van der Waals surface area contributed by atoms with E-state index in [9.17, 15) is 19.5 Å². The van der Waals surface area contributed by atoms with E-state index in [4.69, 9.17) is 24.5 Å². The van der Waals surface area contributed by atoms with Crippen LogP contribution in [0, 0.1) is 35.5 Å². The number of methoxy groups -OCH3 is 1. The molecule has 0 aromatic heterocycles. The first-order valence-electron chi connectivity index (χ1n) is 24.1. The molecule has 10 nitrogen and oxygen atoms in total. The zero-order valence-electron chi connectivity index (χ0n) is 40.7. The summed E-state index contributed by atoms with van der Waals surface area (Å²) in [5.41, 5.74) is 10.9. The fourth-order valence-corrected chi connectivity index (χ4v) is 10.1. The van der Waals surface area contributed by atoms with Crippen LogP contribution in [0.2, 0.25) is 0 Å². The van der Waals surface area contributed by atoms with Crippen LogP contribution in [0.3, 0.4) is 0 Å². The number of carbonyl (C=O) groups excluding carboxylic acids is 3. The lowest BCUT2D eigenvalue weighted by atomic mass is 9.85. The van der Waals surface area contributed by atoms with Gasteiger partial charge in [-0.25, -0.2) is 15.0 Å². The van der Waals surface area contributed by atoms with Gasteiger partial charge in [-0.1, -0.05) is 105 Å². The van der Waals surface area contributed by atoms with Gasteiger partial charge in [-0.2, -0.15) is 0 Å². The van der Waals surface area contributed by atoms with Crippen molar-refractivity contribution in [1.29, 1.82) is 0 Å². The Kier molecular flexibility index (Phi) is 16.4. The number of aliphatic hydroxyl groups excluding tert-OH is 1. The molecule has 5 aliphatic heterocycles. The molecular formula is C55H72N4O6. The van der Waals surface area contributed by atoms with Crippen molar-refractivity contribution in [3.63, 3.8) is 0 Å². The molecule has 0 aromatic carbocycles. The summed E-state index contributed by atoms with van der Waals surface area (Å²) in [6.07, 6.45) is 22.9. The van der Waals surface area contributed by atoms with Crippen LogP contribution >= 0.6 is 0 Å². The van der Waals surface area contributed by atoms with Crippen LogP contribution in [0.1, 0.15) is 139 Å². The summed E-state index contributed by atoms with van der Waals surface area (Å²) in [5.74, 6) is -0.732. The number of nitrogens with one attached hydrogen (secondary N) is 1. The minimum Gasteiger partial charge on any atom is -0.515 e. The Hall–Kier alpha value is -5.38. The number of hydrogen-bond donors (Lipinski definition) is 2. The van der Waals surface area contributed by atoms with Gasteiger partial charge in [0.05, 0.1) is 47.6 Å². The third-order valence-corrected chi connectivity index (χ3v) is 14.2. The van der Waals surface area contributed by atoms with Gasteiger partial charge in [-0.15, -0.1) is 0 Å². The molecule has 348 valence electrons. The van der Waals surface area contributed by atoms with E-state index >= 15 is 0 Å². The standard InChI is InChI=1S/C55H72N4O6/c1-12-38-35(8)42-27-43-36(9)40(23-24-48(61)65-26-25-34(7)22-16-21-33(6)20-15-19-32(5)18-14-17-31(3)4)52(58-43)50-51(55(63)64-11)54(62)49-37(10)44(59-53(49)50)28-46-39(13-2)41(30-60)47(57-46)29-45(38)56-42/h12,25,27-33,36,40,51,58,60H,1,13-24,26H2,2-11H3. The molecular weight excluding hydrogens is 813 g/mol. The third-order valence-electron chi connectivity index (χ3n) is 14.2. The first kappa shape index (κ1) is 49.1. The summed E-state index contributed by atoms with van der Waals surface area (Å²) in [5, 5.41) is 14.1. The highest BCUT2D eigenvalue weighted by Crippen LogP contribution is 2.47. The number of aliphatic hydroxyl groups is 1. The Balaban J connectivity index is 1.21. The minimum absolute atomic E-state index is 0.139. The summed E-state index contributed by atoms with van der Waals surface area (Å²) in [6.45, 7) is 23.7. The molecule has 8 bridgehead atoms. The van der Waals surface area contributed by atoms with Crippen molar-refractivity contribution < 1.29 is 29.0 Å². The van der Waals surface area contributed by atoms with Crippen molar-refractivity contribution in [2.75, 3.05) is 13.7 Å². The van der Waals surface area contributed by atoms with Crippen LogP contribution in [0.4, 0.5) is 0 Å². The van der Waals surface area contributed by atoms with Crippen molar-refractivity contribution in [2.24, 2.45) is 50.5 Å². The molecule has 1 saturated heterocycles. The average molecular weight is 885 g/mol. The van der Waals surface area contributed by atoms with E-state index in [1.165, 1.54) is 57.6 Å². The normalized spacial score (nSPS) is 23.2. The van der Waals surface area contributed by atoms with Crippen LogP contribution in [0.5, 0.6) is 0 Å². The van der Waals surface area contributed by atoms with E-state index in [0.29, 0.717) is 81.0 Å². The van der Waals surface area contributed by atoms with Crippen LogP contribution in [-0.4, -0.2) is 53.7 Å². The van der Waals surface area contributed by atoms with Crippen LogP contribution in [0.25, 0.3) is 0 Å². The number of hydrogen-bond acceptors (Lipinski definition) is 10. The highest BCUT2D eigenvalue weighted by Gasteiger charge is 2.52. The third kappa shape index (κ3) is 10.8. The van der Waals surface area contributed by atoms with Gasteiger partial charge >= 0.3 is 11.9 Å². The number of ether oxygens (including phenoxy) is 2. The molecule has 0 spiro atoms. The van der Waals surface area contributed by atoms with Crippen molar-refractivity contribution in [3.8, 4) is 0 Å². The quantitative estimate of drug-likeness (QED) is 0.0537. The Bertz CT molecular complexity index is 2350. The Morgan fingerprint density at radius 3 is 2.25 bits per heavy atom. The smallest absolute Gasteiger partial charge is 0.321 e. The molecule has 0 amide bonds. The SMILES string of the molecule is C=CC1=C(C)C2=NC1=CC1=NC(=C(CC)C1=CO)C=C1N=C3C(=C1C)C(=O)C(C(=O)OC)C3=C1NC(=C2)C(C)C1CCC(=O)OCC=C(C)CCCC(C)CCCC(C)CCCC(C)C. The second kappa shape index (κ2) is 21.7. The number of esters is 2. The number of ketones is 1. The molecule has 5 unspecified atom stereocenters. The summed E-state index contributed by atoms with van der Waals surface area (Å²) < 4.78 is 11.0. The topological polar surface area (TPSA) is 139 Å². The molecule has 0 aromatic rings. The zero-order valence-corrected chi connectivity index (χ0v) is 40.7. The molecule has 1 saturated carbocycles. The van der Waals surface area contributed by atoms with Gasteiger partial charge in [0, 0.05) is 51.9 Å². The number of aliphatic imine (C=N–C) groups is 3. The molecule has 2 fully saturated rings. The van der Waals surface area contributed by atoms with Crippen molar-refractivity contribution >= 4 is 34.9 Å². The van der Waals surface area contributed by atoms with Crippen LogP contribution in [-0.2, 0) is 23.9 Å². The Morgan fingerprint density at radius 2 is 1.60 bits per heavy atom. The fraction of sp³-hybridized carbons (Fsp3) is 0.527. The maximum atomic E-state index is 14.4. The second-order valence-electron chi connectivity index (χ2n) is 19.4. The Morgan fingerprint density at radius 1 is 0.908 bits per heavy atom. The van der Waals surface area contributed by atoms with Crippen LogP contribution < -0.4 is 5.32 Å². The van der Waals surface area contributed by atoms with E-state index in [1.54, 1.807) is 6.08 Å². The number of Topliss-reactive ketones (excluding diaryl/α,β-unsaturated/α-hetero) is 1. The van der Waals surface area contributed by atoms with Gasteiger partial charge in [0.15, 0.2) is 5.78 Å². The van der Waals surface area contributed by atoms with Gasteiger partial charge in [-0.3, -0.25) is 14.4 Å². The van der Waals surface area contributed by atoms with E-state index in [1.807, 2.05) is 45.1 Å². The molecule has 5 heterocycles. The molecule has 1 aliphatic carbocycles. The van der Waals surface area contributed by atoms with Crippen LogP contribution in [0.15, 0.2) is 131 Å². The molecule has 2 N–H and O–H groups in total. The predicted molar refractivity (Wildman–Crippen MR) is 262 cm³/mol. The van der Waals surface area contributed by atoms with Crippen molar-refractivity contribution in [1.82, 2.24) is 5.32 Å². The maximum Gasteiger partial charge on any atom is 0.321 e. The van der Waals surface area contributed by atoms with E-state index < -0.39 is 11.9 Å². The summed E-state index contributed by atoms with van der Waals surface area (Å²) >= 11 is 0. The van der Waals surface area contributed by atoms with Crippen molar-refractivity contribution in [3.05, 3.63) is 116 Å². The average Bonchev–Trinajstić information content (AvgIpc) is 4.02. The van der Waals surface area contributed by atoms with Gasteiger partial charge in [0.1, 0.15) is 12.5 Å². The highest BCUT2D eigenvalue weighted by molar-refractivity contribution is 6.42. The summed E-state index contributed by atoms with van der Waals surface area (Å²) in [7, 11) is 1.29. The molecule has 0 radical (unpaired) electrons. The molecule has 6 aliphatic rings. The summed E-state index contributed by atoms with van der Waals surface area (Å²) in [6, 6.07) is 0. The van der Waals surface area contributed by atoms with Gasteiger partial charge in [0.25, 0.3) is 0 Å². The van der Waals surface area contributed by atoms with Crippen molar-refractivity contribution in [2.45, 2.75) is 139 Å². The zero-order chi connectivity index (χ0) is 47.1. The maximum absolute atomic E-state index is 14.4. The van der Waals surface area contributed by atoms with E-state index in [0.717, 1.165) is 53.4 Å². The summed E-state index contributed by atoms with van der Waals surface area (Å²) in [4.78, 5) is 56.5. The lowest BCUT2D eigenvalue weighted by Gasteiger charge is -2.19. The fourth-order valence-electron chi connectivity index (χ4n) is 10.1. The Labute approximate surface area is 387 Å². The number of fused-ring (bicyclic) bond motifs is 5. The van der Waals surface area contributed by atoms with Gasteiger partial charge in [0.2, 0.25) is 0 Å². The first-order valence-corrected chi connectivity index (χ1v) is 24.1. The molecule has 6 rings (SSSR count). The number of allylic oxidation sites excluding steroid dienone is 12. The lowest BCUT2D eigenvalue weighted by molar-refractivity contribution is -0.146. The largest absolute Gasteiger partial charge is 0.515 e. The monoisotopic (exact) mass is 885 g/mol. The number of nitrogens with zero attached hydrogens (tertiary/aromatic N) is 3. The van der Waals surface area contributed by atoms with Gasteiger partial charge in [-0.05, 0) is 105 Å². The molecule has 10 heteroatoms. The van der Waals surface area contributed by atoms with E-state index in [-0.39, 0.29) is 36.6 Å². The minimum atomic E-state index is -1.23. The number of carbonyl (C=O) groups is 3. The number of rotatable bonds is 20. The predicted octanol–water partition coefficient (Wildman–Crippen LogP) is 12.1. The first-order chi connectivity index (χ1) is 31.1. The molecule has 65 heavy (non-hydrogen) atoms.